The average molecular weight is 366 g/mol. The number of hydrogen-bond donors (Lipinski definition) is 1. The summed E-state index contributed by atoms with van der Waals surface area (Å²) in [5, 5.41) is 6.93. The van der Waals surface area contributed by atoms with Crippen molar-refractivity contribution < 1.29 is 9.59 Å². The summed E-state index contributed by atoms with van der Waals surface area (Å²) < 4.78 is 1.63. The predicted molar refractivity (Wildman–Crippen MR) is 105 cm³/mol. The zero-order valence-corrected chi connectivity index (χ0v) is 14.7. The van der Waals surface area contributed by atoms with Crippen LogP contribution in [0.25, 0.3) is 16.8 Å². The van der Waals surface area contributed by atoms with Crippen LogP contribution in [0.2, 0.25) is 0 Å². The van der Waals surface area contributed by atoms with Crippen LogP contribution in [0.3, 0.4) is 0 Å². The molecule has 0 atom stereocenters. The monoisotopic (exact) mass is 366 g/mol. The molecular formula is C22H14N4O2. The van der Waals surface area contributed by atoms with E-state index in [-0.39, 0.29) is 11.7 Å². The molecular weight excluding hydrogens is 352 g/mol. The maximum Gasteiger partial charge on any atom is 0.255 e. The van der Waals surface area contributed by atoms with Gasteiger partial charge in [-0.1, -0.05) is 30.3 Å². The SMILES string of the molecule is O=C(Nc1ccc(-n2cncn2)cc1)c1ccc2c(c1)C(=O)c1ccccc1-2. The number of hydrogen-bond acceptors (Lipinski definition) is 4. The van der Waals surface area contributed by atoms with Gasteiger partial charge >= 0.3 is 0 Å². The minimum absolute atomic E-state index is 0.0440. The number of fused-ring (bicyclic) bond motifs is 3. The zero-order chi connectivity index (χ0) is 19.1. The molecule has 6 heteroatoms. The minimum atomic E-state index is -0.264. The molecule has 0 aliphatic heterocycles. The van der Waals surface area contributed by atoms with E-state index in [9.17, 15) is 9.59 Å². The summed E-state index contributed by atoms with van der Waals surface area (Å²) in [6, 6.07) is 20.0. The molecule has 5 rings (SSSR count). The maximum atomic E-state index is 12.7. The molecule has 0 saturated heterocycles. The van der Waals surface area contributed by atoms with Gasteiger partial charge in [0.15, 0.2) is 5.78 Å². The summed E-state index contributed by atoms with van der Waals surface area (Å²) in [6.45, 7) is 0. The summed E-state index contributed by atoms with van der Waals surface area (Å²) in [5.74, 6) is -0.308. The van der Waals surface area contributed by atoms with E-state index in [1.807, 2.05) is 42.5 Å². The number of rotatable bonds is 3. The van der Waals surface area contributed by atoms with E-state index < -0.39 is 0 Å². The van der Waals surface area contributed by atoms with Gasteiger partial charge < -0.3 is 5.32 Å². The van der Waals surface area contributed by atoms with Crippen molar-refractivity contribution in [2.45, 2.75) is 0 Å². The highest BCUT2D eigenvalue weighted by Gasteiger charge is 2.27. The number of anilines is 1. The second kappa shape index (κ2) is 6.28. The molecule has 1 N–H and O–H groups in total. The number of benzene rings is 3. The molecule has 0 fully saturated rings. The largest absolute Gasteiger partial charge is 0.322 e. The first-order valence-electron chi connectivity index (χ1n) is 8.75. The van der Waals surface area contributed by atoms with Crippen LogP contribution in [0.1, 0.15) is 26.3 Å². The minimum Gasteiger partial charge on any atom is -0.322 e. The van der Waals surface area contributed by atoms with Gasteiger partial charge in [0.05, 0.1) is 5.69 Å². The highest BCUT2D eigenvalue weighted by molar-refractivity contribution is 6.22. The maximum absolute atomic E-state index is 12.7. The van der Waals surface area contributed by atoms with Gasteiger partial charge in [-0.2, -0.15) is 5.10 Å². The lowest BCUT2D eigenvalue weighted by molar-refractivity contribution is 0.102. The smallest absolute Gasteiger partial charge is 0.255 e. The predicted octanol–water partition coefficient (Wildman–Crippen LogP) is 3.73. The van der Waals surface area contributed by atoms with Crippen molar-refractivity contribution in [2.75, 3.05) is 5.32 Å². The Bertz CT molecular complexity index is 1210. The Balaban J connectivity index is 1.39. The van der Waals surface area contributed by atoms with Crippen LogP contribution >= 0.6 is 0 Å². The van der Waals surface area contributed by atoms with Crippen molar-refractivity contribution in [3.63, 3.8) is 0 Å². The van der Waals surface area contributed by atoms with Crippen LogP contribution in [0.5, 0.6) is 0 Å². The third kappa shape index (κ3) is 2.59. The molecule has 1 aromatic heterocycles. The van der Waals surface area contributed by atoms with Gasteiger partial charge in [0.25, 0.3) is 5.91 Å². The summed E-state index contributed by atoms with van der Waals surface area (Å²) in [6.07, 6.45) is 3.07. The number of nitrogens with zero attached hydrogens (tertiary/aromatic N) is 3. The van der Waals surface area contributed by atoms with E-state index in [0.29, 0.717) is 22.4 Å². The van der Waals surface area contributed by atoms with Crippen molar-refractivity contribution >= 4 is 17.4 Å². The van der Waals surface area contributed by atoms with Gasteiger partial charge in [0.2, 0.25) is 0 Å². The Morgan fingerprint density at radius 3 is 2.36 bits per heavy atom. The molecule has 6 nitrogen and oxygen atoms in total. The molecule has 0 radical (unpaired) electrons. The number of carbonyl (C=O) groups is 2. The Labute approximate surface area is 160 Å². The molecule has 3 aromatic carbocycles. The lowest BCUT2D eigenvalue weighted by Crippen LogP contribution is -2.12. The Hall–Kier alpha value is -4.06. The van der Waals surface area contributed by atoms with E-state index in [1.165, 1.54) is 6.33 Å². The molecule has 4 aromatic rings. The molecule has 1 aliphatic carbocycles. The van der Waals surface area contributed by atoms with E-state index in [4.69, 9.17) is 0 Å². The van der Waals surface area contributed by atoms with E-state index >= 15 is 0 Å². The fraction of sp³-hybridized carbons (Fsp3) is 0. The van der Waals surface area contributed by atoms with E-state index in [1.54, 1.807) is 35.3 Å². The summed E-state index contributed by atoms with van der Waals surface area (Å²) >= 11 is 0. The van der Waals surface area contributed by atoms with Gasteiger partial charge in [-0.05, 0) is 47.5 Å². The number of carbonyl (C=O) groups excluding carboxylic acids is 2. The third-order valence-corrected chi connectivity index (χ3v) is 4.80. The van der Waals surface area contributed by atoms with E-state index in [2.05, 4.69) is 15.4 Å². The molecule has 0 unspecified atom stereocenters. The second-order valence-electron chi connectivity index (χ2n) is 6.48. The molecule has 1 aliphatic rings. The standard InChI is InChI=1S/C22H14N4O2/c27-21-19-4-2-1-3-17(19)18-10-5-14(11-20(18)21)22(28)25-15-6-8-16(9-7-15)26-13-23-12-24-26/h1-13H,(H,25,28). The van der Waals surface area contributed by atoms with Gasteiger partial charge in [-0.15, -0.1) is 0 Å². The van der Waals surface area contributed by atoms with Crippen molar-refractivity contribution in [3.8, 4) is 16.8 Å². The van der Waals surface area contributed by atoms with Crippen LogP contribution < -0.4 is 5.32 Å². The zero-order valence-electron chi connectivity index (χ0n) is 14.7. The molecule has 0 bridgehead atoms. The van der Waals surface area contributed by atoms with Gasteiger partial charge in [-0.3, -0.25) is 9.59 Å². The van der Waals surface area contributed by atoms with Gasteiger partial charge in [-0.25, -0.2) is 9.67 Å². The van der Waals surface area contributed by atoms with Crippen LogP contribution in [0.15, 0.2) is 79.4 Å². The Morgan fingerprint density at radius 1 is 0.857 bits per heavy atom. The van der Waals surface area contributed by atoms with Crippen molar-refractivity contribution in [3.05, 3.63) is 96.1 Å². The Morgan fingerprint density at radius 2 is 1.61 bits per heavy atom. The fourth-order valence-electron chi connectivity index (χ4n) is 3.41. The highest BCUT2D eigenvalue weighted by Crippen LogP contribution is 2.36. The summed E-state index contributed by atoms with van der Waals surface area (Å²) in [7, 11) is 0. The normalized spacial score (nSPS) is 11.8. The third-order valence-electron chi connectivity index (χ3n) is 4.80. The van der Waals surface area contributed by atoms with Crippen LogP contribution in [0.4, 0.5) is 5.69 Å². The topological polar surface area (TPSA) is 76.9 Å². The lowest BCUT2D eigenvalue weighted by Gasteiger charge is -2.08. The first-order chi connectivity index (χ1) is 13.7. The second-order valence-corrected chi connectivity index (χ2v) is 6.48. The molecule has 0 saturated carbocycles. The molecule has 1 heterocycles. The number of amides is 1. The lowest BCUT2D eigenvalue weighted by atomic mass is 10.0. The van der Waals surface area contributed by atoms with Crippen molar-refractivity contribution in [2.24, 2.45) is 0 Å². The summed E-state index contributed by atoms with van der Waals surface area (Å²) in [4.78, 5) is 29.2. The summed E-state index contributed by atoms with van der Waals surface area (Å²) in [5.41, 5.74) is 4.97. The Kier molecular flexibility index (Phi) is 3.62. The van der Waals surface area contributed by atoms with Crippen LogP contribution in [-0.4, -0.2) is 26.5 Å². The van der Waals surface area contributed by atoms with Crippen molar-refractivity contribution in [1.29, 1.82) is 0 Å². The molecule has 1 amide bonds. The number of aromatic nitrogens is 3. The van der Waals surface area contributed by atoms with E-state index in [0.717, 1.165) is 16.8 Å². The number of nitrogens with one attached hydrogen (secondary N) is 1. The first kappa shape index (κ1) is 16.1. The first-order valence-corrected chi connectivity index (χ1v) is 8.75. The molecule has 134 valence electrons. The quantitative estimate of drug-likeness (QED) is 0.528. The highest BCUT2D eigenvalue weighted by atomic mass is 16.1. The van der Waals surface area contributed by atoms with Crippen LogP contribution in [0, 0.1) is 0 Å². The van der Waals surface area contributed by atoms with Crippen molar-refractivity contribution in [1.82, 2.24) is 14.8 Å². The number of ketones is 1. The fourth-order valence-corrected chi connectivity index (χ4v) is 3.41. The van der Waals surface area contributed by atoms with Crippen LogP contribution in [-0.2, 0) is 0 Å². The van der Waals surface area contributed by atoms with Gasteiger partial charge in [0, 0.05) is 22.4 Å². The average Bonchev–Trinajstić information content (AvgIpc) is 3.36. The molecule has 28 heavy (non-hydrogen) atoms. The van der Waals surface area contributed by atoms with Gasteiger partial charge in [0.1, 0.15) is 12.7 Å². The molecule has 0 spiro atoms.